The maximum Gasteiger partial charge on any atom is 0.334 e. The summed E-state index contributed by atoms with van der Waals surface area (Å²) >= 11 is 0. The molecule has 2 heterocycles. The molecule has 0 spiro atoms. The van der Waals surface area contributed by atoms with Gasteiger partial charge in [0.15, 0.2) is 6.04 Å². The van der Waals surface area contributed by atoms with Crippen molar-refractivity contribution in [3.8, 4) is 0 Å². The molecular formula is C17H20FN3O4. The van der Waals surface area contributed by atoms with Crippen LogP contribution in [0.3, 0.4) is 0 Å². The Kier molecular flexibility index (Phi) is 4.47. The standard InChI is InChI=1S/C17H20FN3O4/c1-3-21-12-9-13(20-6-4-19(2)5-7-20)11(18)8-10(12)15(22)16(23)14(21)17(24)25/h8-9,14H,3-7H2,1-2H3,(H,24,25). The first-order valence-corrected chi connectivity index (χ1v) is 8.20. The summed E-state index contributed by atoms with van der Waals surface area (Å²) in [6, 6.07) is 1.000. The third-order valence-electron chi connectivity index (χ3n) is 4.82. The molecule has 1 unspecified atom stereocenters. The Morgan fingerprint density at radius 3 is 2.40 bits per heavy atom. The Morgan fingerprint density at radius 1 is 1.20 bits per heavy atom. The van der Waals surface area contributed by atoms with Crippen LogP contribution in [0.2, 0.25) is 0 Å². The Labute approximate surface area is 144 Å². The molecule has 8 heteroatoms. The molecule has 0 amide bonds. The Morgan fingerprint density at radius 2 is 1.84 bits per heavy atom. The fourth-order valence-corrected chi connectivity index (χ4v) is 3.40. The Hall–Kier alpha value is -2.48. The van der Waals surface area contributed by atoms with Crippen LogP contribution in [0.25, 0.3) is 0 Å². The van der Waals surface area contributed by atoms with Crippen molar-refractivity contribution in [2.75, 3.05) is 49.6 Å². The van der Waals surface area contributed by atoms with E-state index in [1.165, 1.54) is 11.0 Å². The van der Waals surface area contributed by atoms with Crippen LogP contribution in [0, 0.1) is 5.82 Å². The van der Waals surface area contributed by atoms with Crippen molar-refractivity contribution in [2.45, 2.75) is 13.0 Å². The van der Waals surface area contributed by atoms with Gasteiger partial charge >= 0.3 is 5.97 Å². The summed E-state index contributed by atoms with van der Waals surface area (Å²) in [5.41, 5.74) is 0.561. The van der Waals surface area contributed by atoms with E-state index >= 15 is 0 Å². The number of hydrogen-bond donors (Lipinski definition) is 1. The number of carbonyl (C=O) groups is 3. The number of likely N-dealkylation sites (N-methyl/N-ethyl adjacent to an activating group) is 2. The highest BCUT2D eigenvalue weighted by Gasteiger charge is 2.43. The Bertz CT molecular complexity index is 744. The fraction of sp³-hybridized carbons (Fsp3) is 0.471. The molecule has 0 saturated carbocycles. The van der Waals surface area contributed by atoms with Crippen molar-refractivity contribution in [1.82, 2.24) is 4.90 Å². The second kappa shape index (κ2) is 6.44. The maximum atomic E-state index is 14.6. The van der Waals surface area contributed by atoms with Crippen molar-refractivity contribution in [3.05, 3.63) is 23.5 Å². The monoisotopic (exact) mass is 349 g/mol. The molecule has 1 aromatic carbocycles. The first kappa shape index (κ1) is 17.3. The van der Waals surface area contributed by atoms with E-state index in [0.717, 1.165) is 19.2 Å². The lowest BCUT2D eigenvalue weighted by atomic mass is 9.92. The van der Waals surface area contributed by atoms with Crippen LogP contribution < -0.4 is 9.80 Å². The summed E-state index contributed by atoms with van der Waals surface area (Å²) in [7, 11) is 1.99. The van der Waals surface area contributed by atoms with Gasteiger partial charge in [0.2, 0.25) is 11.6 Å². The minimum Gasteiger partial charge on any atom is -0.479 e. The van der Waals surface area contributed by atoms with Gasteiger partial charge in [0, 0.05) is 32.7 Å². The number of anilines is 2. The van der Waals surface area contributed by atoms with E-state index < -0.39 is 29.4 Å². The van der Waals surface area contributed by atoms with Crippen LogP contribution in [0.15, 0.2) is 12.1 Å². The summed E-state index contributed by atoms with van der Waals surface area (Å²) in [5, 5.41) is 9.35. The van der Waals surface area contributed by atoms with Crippen molar-refractivity contribution >= 4 is 28.9 Å². The molecule has 1 N–H and O–H groups in total. The maximum absolute atomic E-state index is 14.6. The summed E-state index contributed by atoms with van der Waals surface area (Å²) < 4.78 is 14.6. The molecule has 1 atom stereocenters. The molecule has 0 bridgehead atoms. The van der Waals surface area contributed by atoms with E-state index in [2.05, 4.69) is 4.90 Å². The quantitative estimate of drug-likeness (QED) is 0.633. The number of carbonyl (C=O) groups excluding carboxylic acids is 2. The van der Waals surface area contributed by atoms with Gasteiger partial charge < -0.3 is 19.8 Å². The third-order valence-corrected chi connectivity index (χ3v) is 4.82. The molecule has 2 aliphatic heterocycles. The van der Waals surface area contributed by atoms with E-state index in [1.807, 2.05) is 11.9 Å². The molecule has 7 nitrogen and oxygen atoms in total. The van der Waals surface area contributed by atoms with E-state index in [1.54, 1.807) is 6.92 Å². The SMILES string of the molecule is CCN1c2cc(N3CCN(C)CC3)c(F)cc2C(=O)C(=O)C1C(=O)O. The lowest BCUT2D eigenvalue weighted by Crippen LogP contribution is -2.53. The highest BCUT2D eigenvalue weighted by Crippen LogP contribution is 2.35. The lowest BCUT2D eigenvalue weighted by Gasteiger charge is -2.37. The molecule has 0 aromatic heterocycles. The van der Waals surface area contributed by atoms with Crippen LogP contribution in [0.5, 0.6) is 0 Å². The van der Waals surface area contributed by atoms with Crippen molar-refractivity contribution in [3.63, 3.8) is 0 Å². The number of Topliss-reactive ketones (excluding diaryl/α,β-unsaturated/α-hetero) is 2. The predicted molar refractivity (Wildman–Crippen MR) is 89.9 cm³/mol. The summed E-state index contributed by atoms with van der Waals surface area (Å²) in [6.45, 7) is 4.74. The average Bonchev–Trinajstić information content (AvgIpc) is 2.58. The van der Waals surface area contributed by atoms with Crippen LogP contribution in [0.4, 0.5) is 15.8 Å². The number of carboxylic acids is 1. The van der Waals surface area contributed by atoms with Gasteiger partial charge in [-0.05, 0) is 26.1 Å². The smallest absolute Gasteiger partial charge is 0.334 e. The predicted octanol–water partition coefficient (Wildman–Crippen LogP) is 0.622. The van der Waals surface area contributed by atoms with Gasteiger partial charge in [0.05, 0.1) is 16.9 Å². The third kappa shape index (κ3) is 2.86. The van der Waals surface area contributed by atoms with Gasteiger partial charge in [0.1, 0.15) is 5.82 Å². The van der Waals surface area contributed by atoms with Crippen LogP contribution >= 0.6 is 0 Å². The van der Waals surface area contributed by atoms with Gasteiger partial charge in [-0.3, -0.25) is 9.59 Å². The molecule has 134 valence electrons. The molecule has 2 aliphatic rings. The zero-order valence-corrected chi connectivity index (χ0v) is 14.2. The molecular weight excluding hydrogens is 329 g/mol. The summed E-state index contributed by atoms with van der Waals surface area (Å²) in [4.78, 5) is 41.2. The minimum atomic E-state index is -1.56. The van der Waals surface area contributed by atoms with Crippen molar-refractivity contribution in [1.29, 1.82) is 0 Å². The zero-order valence-electron chi connectivity index (χ0n) is 14.2. The van der Waals surface area contributed by atoms with Gasteiger partial charge in [-0.1, -0.05) is 0 Å². The van der Waals surface area contributed by atoms with Gasteiger partial charge in [0.25, 0.3) is 0 Å². The van der Waals surface area contributed by atoms with Crippen LogP contribution in [-0.4, -0.2) is 73.4 Å². The number of benzene rings is 1. The topological polar surface area (TPSA) is 81.2 Å². The largest absolute Gasteiger partial charge is 0.479 e. The number of ketones is 2. The van der Waals surface area contributed by atoms with Gasteiger partial charge in [-0.15, -0.1) is 0 Å². The first-order chi connectivity index (χ1) is 11.8. The minimum absolute atomic E-state index is 0.0697. The molecule has 1 fully saturated rings. The number of aliphatic carboxylic acids is 1. The highest BCUT2D eigenvalue weighted by atomic mass is 19.1. The van der Waals surface area contributed by atoms with Crippen LogP contribution in [0.1, 0.15) is 17.3 Å². The average molecular weight is 349 g/mol. The molecule has 25 heavy (non-hydrogen) atoms. The van der Waals surface area contributed by atoms with Gasteiger partial charge in [-0.2, -0.15) is 0 Å². The van der Waals surface area contributed by atoms with E-state index in [9.17, 15) is 23.9 Å². The molecule has 3 rings (SSSR count). The first-order valence-electron chi connectivity index (χ1n) is 8.20. The molecule has 0 radical (unpaired) electrons. The second-order valence-electron chi connectivity index (χ2n) is 6.33. The van der Waals surface area contributed by atoms with E-state index in [4.69, 9.17) is 0 Å². The number of fused-ring (bicyclic) bond motifs is 1. The Balaban J connectivity index is 2.08. The fourth-order valence-electron chi connectivity index (χ4n) is 3.40. The second-order valence-corrected chi connectivity index (χ2v) is 6.33. The van der Waals surface area contributed by atoms with Crippen molar-refractivity contribution in [2.24, 2.45) is 0 Å². The van der Waals surface area contributed by atoms with Crippen molar-refractivity contribution < 1.29 is 23.9 Å². The number of halogens is 1. The molecule has 1 aromatic rings. The number of hydrogen-bond acceptors (Lipinski definition) is 6. The molecule has 0 aliphatic carbocycles. The normalized spacial score (nSPS) is 21.5. The number of piperazine rings is 1. The zero-order chi connectivity index (χ0) is 18.3. The van der Waals surface area contributed by atoms with E-state index in [-0.39, 0.29) is 12.1 Å². The lowest BCUT2D eigenvalue weighted by molar-refractivity contribution is -0.141. The highest BCUT2D eigenvalue weighted by molar-refractivity contribution is 6.51. The number of nitrogens with zero attached hydrogens (tertiary/aromatic N) is 3. The summed E-state index contributed by atoms with van der Waals surface area (Å²) in [6.07, 6.45) is 0. The van der Waals surface area contributed by atoms with E-state index in [0.29, 0.717) is 24.5 Å². The molecule has 1 saturated heterocycles. The number of rotatable bonds is 3. The van der Waals surface area contributed by atoms with Gasteiger partial charge in [-0.25, -0.2) is 9.18 Å². The number of carboxylic acid groups (broad SMARTS) is 1. The summed E-state index contributed by atoms with van der Waals surface area (Å²) in [5.74, 6) is -3.94. The van der Waals surface area contributed by atoms with Crippen LogP contribution in [-0.2, 0) is 9.59 Å².